The Morgan fingerprint density at radius 1 is 0.634 bits per heavy atom. The zero-order chi connectivity index (χ0) is 28.5. The average Bonchev–Trinajstić information content (AvgIpc) is 3.35. The number of hydrogen-bond donors (Lipinski definition) is 1. The number of para-hydroxylation sites is 1. The fourth-order valence-corrected chi connectivity index (χ4v) is 5.33. The molecule has 0 spiro atoms. The lowest BCUT2D eigenvalue weighted by Crippen LogP contribution is -2.54. The average molecular weight is 538 g/mol. The van der Waals surface area contributed by atoms with Crippen LogP contribution in [0.2, 0.25) is 0 Å². The number of barbiturate groups is 1. The van der Waals surface area contributed by atoms with Crippen LogP contribution in [0.1, 0.15) is 16.7 Å². The molecule has 0 radical (unpaired) electrons. The number of carbonyl (C=O) groups excluding carboxylic acids is 3. The van der Waals surface area contributed by atoms with Gasteiger partial charge in [0.15, 0.2) is 0 Å². The summed E-state index contributed by atoms with van der Waals surface area (Å²) in [6.07, 6.45) is 1.59. The second-order valence-electron chi connectivity index (χ2n) is 10.0. The van der Waals surface area contributed by atoms with Crippen molar-refractivity contribution in [3.63, 3.8) is 0 Å². The summed E-state index contributed by atoms with van der Waals surface area (Å²) in [5.41, 5.74) is 7.31. The molecule has 2 heterocycles. The van der Waals surface area contributed by atoms with Crippen LogP contribution in [0.25, 0.3) is 34.3 Å². The third-order valence-electron chi connectivity index (χ3n) is 7.03. The highest BCUT2D eigenvalue weighted by atomic mass is 16.2. The van der Waals surface area contributed by atoms with Crippen molar-refractivity contribution in [2.45, 2.75) is 13.8 Å². The molecule has 6 heteroatoms. The van der Waals surface area contributed by atoms with Crippen LogP contribution in [0.5, 0.6) is 0 Å². The van der Waals surface area contributed by atoms with E-state index in [4.69, 9.17) is 0 Å². The molecule has 5 aromatic rings. The van der Waals surface area contributed by atoms with E-state index in [1.54, 1.807) is 18.2 Å². The Morgan fingerprint density at radius 3 is 1.80 bits per heavy atom. The van der Waals surface area contributed by atoms with Crippen LogP contribution in [-0.2, 0) is 9.59 Å². The largest absolute Gasteiger partial charge is 0.335 e. The molecular formula is C35H27N3O3. The molecule has 4 aromatic carbocycles. The number of rotatable bonds is 5. The summed E-state index contributed by atoms with van der Waals surface area (Å²) in [6.45, 7) is 3.79. The summed E-state index contributed by atoms with van der Waals surface area (Å²) in [5, 5.41) is 2.36. The number of carbonyl (C=O) groups is 3. The van der Waals surface area contributed by atoms with E-state index >= 15 is 0 Å². The molecule has 0 atom stereocenters. The van der Waals surface area contributed by atoms with Gasteiger partial charge in [-0.25, -0.2) is 9.69 Å². The van der Waals surface area contributed by atoms with Crippen LogP contribution in [-0.4, -0.2) is 22.4 Å². The summed E-state index contributed by atoms with van der Waals surface area (Å²) >= 11 is 0. The van der Waals surface area contributed by atoms with E-state index in [-0.39, 0.29) is 5.57 Å². The maximum absolute atomic E-state index is 13.8. The summed E-state index contributed by atoms with van der Waals surface area (Å²) in [6, 6.07) is 36.5. The van der Waals surface area contributed by atoms with Gasteiger partial charge < -0.3 is 4.57 Å². The van der Waals surface area contributed by atoms with Crippen molar-refractivity contribution in [1.29, 1.82) is 0 Å². The van der Waals surface area contributed by atoms with Crippen LogP contribution in [0.3, 0.4) is 0 Å². The first-order valence-electron chi connectivity index (χ1n) is 13.3. The molecule has 200 valence electrons. The molecule has 0 aliphatic carbocycles. The molecule has 1 saturated heterocycles. The van der Waals surface area contributed by atoms with Crippen molar-refractivity contribution in [3.8, 4) is 28.2 Å². The first-order chi connectivity index (χ1) is 19.9. The Labute approximate surface area is 238 Å². The highest BCUT2D eigenvalue weighted by molar-refractivity contribution is 6.39. The molecule has 4 amide bonds. The highest BCUT2D eigenvalue weighted by Crippen LogP contribution is 2.37. The smallest absolute Gasteiger partial charge is 0.309 e. The first-order valence-corrected chi connectivity index (χ1v) is 13.3. The summed E-state index contributed by atoms with van der Waals surface area (Å²) in [4.78, 5) is 40.9. The van der Waals surface area contributed by atoms with Crippen LogP contribution < -0.4 is 10.2 Å². The van der Waals surface area contributed by atoms with Crippen LogP contribution >= 0.6 is 0 Å². The fraction of sp³-hybridized carbons (Fsp3) is 0.0571. The van der Waals surface area contributed by atoms with Gasteiger partial charge in [-0.15, -0.1) is 0 Å². The molecule has 1 aliphatic heterocycles. The van der Waals surface area contributed by atoms with E-state index in [9.17, 15) is 14.4 Å². The van der Waals surface area contributed by atoms with Gasteiger partial charge in [0.2, 0.25) is 0 Å². The zero-order valence-corrected chi connectivity index (χ0v) is 22.7. The highest BCUT2D eigenvalue weighted by Gasteiger charge is 2.37. The standard InChI is InChI=1S/C35H27N3O3/c1-23-18-24(2)20-29(19-23)38-34(40)30(33(39)36-35(38)41)21-27-22-31(25-12-6-3-7-13-25)37(28-16-10-5-11-17-28)32(27)26-14-8-4-9-15-26/h3-22H,1-2H3,(H,36,39,41). The molecule has 1 aromatic heterocycles. The van der Waals surface area contributed by atoms with Crippen LogP contribution in [0.4, 0.5) is 10.5 Å². The van der Waals surface area contributed by atoms with Gasteiger partial charge in [0, 0.05) is 11.3 Å². The van der Waals surface area contributed by atoms with Gasteiger partial charge in [0.25, 0.3) is 11.8 Å². The predicted octanol–water partition coefficient (Wildman–Crippen LogP) is 7.09. The lowest BCUT2D eigenvalue weighted by atomic mass is 10.0. The number of anilines is 1. The molecule has 6 nitrogen and oxygen atoms in total. The van der Waals surface area contributed by atoms with Gasteiger partial charge in [0.1, 0.15) is 5.57 Å². The quantitative estimate of drug-likeness (QED) is 0.192. The van der Waals surface area contributed by atoms with Crippen molar-refractivity contribution >= 4 is 29.6 Å². The molecule has 6 rings (SSSR count). The third kappa shape index (κ3) is 4.87. The van der Waals surface area contributed by atoms with E-state index < -0.39 is 17.8 Å². The van der Waals surface area contributed by atoms with Crippen molar-refractivity contribution in [2.75, 3.05) is 4.90 Å². The Morgan fingerprint density at radius 2 is 1.20 bits per heavy atom. The van der Waals surface area contributed by atoms with E-state index in [0.29, 0.717) is 11.3 Å². The zero-order valence-electron chi connectivity index (χ0n) is 22.7. The molecule has 0 saturated carbocycles. The van der Waals surface area contributed by atoms with Gasteiger partial charge in [-0.05, 0) is 72.5 Å². The van der Waals surface area contributed by atoms with Gasteiger partial charge in [0.05, 0.1) is 17.1 Å². The Bertz CT molecular complexity index is 1800. The number of amides is 4. The summed E-state index contributed by atoms with van der Waals surface area (Å²) < 4.78 is 2.13. The minimum Gasteiger partial charge on any atom is -0.309 e. The maximum Gasteiger partial charge on any atom is 0.335 e. The minimum absolute atomic E-state index is 0.120. The van der Waals surface area contributed by atoms with Crippen molar-refractivity contribution in [3.05, 3.63) is 138 Å². The van der Waals surface area contributed by atoms with Crippen LogP contribution in [0, 0.1) is 13.8 Å². The summed E-state index contributed by atoms with van der Waals surface area (Å²) in [7, 11) is 0. The maximum atomic E-state index is 13.8. The molecular weight excluding hydrogens is 510 g/mol. The van der Waals surface area contributed by atoms with Gasteiger partial charge in [-0.3, -0.25) is 14.9 Å². The number of aryl methyl sites for hydroxylation is 2. The van der Waals surface area contributed by atoms with E-state index in [2.05, 4.69) is 9.88 Å². The van der Waals surface area contributed by atoms with E-state index in [1.165, 1.54) is 0 Å². The normalized spacial score (nSPS) is 14.4. The number of nitrogens with zero attached hydrogens (tertiary/aromatic N) is 2. The molecule has 41 heavy (non-hydrogen) atoms. The number of benzene rings is 4. The molecule has 0 bridgehead atoms. The third-order valence-corrected chi connectivity index (χ3v) is 7.03. The number of aromatic nitrogens is 1. The number of nitrogens with one attached hydrogen (secondary N) is 1. The molecule has 1 N–H and O–H groups in total. The number of urea groups is 1. The Hall–Kier alpha value is -5.49. The van der Waals surface area contributed by atoms with E-state index in [1.807, 2.05) is 117 Å². The SMILES string of the molecule is Cc1cc(C)cc(N2C(=O)NC(=O)C(=Cc3cc(-c4ccccc4)n(-c4ccccc4)c3-c3ccccc3)C2=O)c1. The monoisotopic (exact) mass is 537 g/mol. The topological polar surface area (TPSA) is 71.4 Å². The number of hydrogen-bond acceptors (Lipinski definition) is 3. The Balaban J connectivity index is 1.59. The number of imide groups is 2. The van der Waals surface area contributed by atoms with Gasteiger partial charge in [-0.2, -0.15) is 0 Å². The van der Waals surface area contributed by atoms with Crippen molar-refractivity contribution < 1.29 is 14.4 Å². The lowest BCUT2D eigenvalue weighted by Gasteiger charge is -2.27. The molecule has 1 fully saturated rings. The van der Waals surface area contributed by atoms with Gasteiger partial charge >= 0.3 is 6.03 Å². The van der Waals surface area contributed by atoms with Crippen molar-refractivity contribution in [2.24, 2.45) is 0 Å². The first kappa shape index (κ1) is 25.8. The lowest BCUT2D eigenvalue weighted by molar-refractivity contribution is -0.122. The second kappa shape index (κ2) is 10.6. The second-order valence-corrected chi connectivity index (χ2v) is 10.0. The summed E-state index contributed by atoms with van der Waals surface area (Å²) in [5.74, 6) is -1.40. The Kier molecular flexibility index (Phi) is 6.65. The molecule has 1 aliphatic rings. The van der Waals surface area contributed by atoms with Crippen LogP contribution in [0.15, 0.2) is 121 Å². The van der Waals surface area contributed by atoms with Crippen molar-refractivity contribution in [1.82, 2.24) is 9.88 Å². The molecule has 0 unspecified atom stereocenters. The minimum atomic E-state index is -0.766. The van der Waals surface area contributed by atoms with E-state index in [0.717, 1.165) is 44.2 Å². The van der Waals surface area contributed by atoms with Gasteiger partial charge in [-0.1, -0.05) is 84.9 Å². The fourth-order valence-electron chi connectivity index (χ4n) is 5.33. The predicted molar refractivity (Wildman–Crippen MR) is 162 cm³/mol.